The topological polar surface area (TPSA) is 12.0 Å². The molecule has 2 rings (SSSR count). The summed E-state index contributed by atoms with van der Waals surface area (Å²) in [6, 6.07) is 3.14. The molecule has 1 fully saturated rings. The van der Waals surface area contributed by atoms with Crippen LogP contribution in [0.15, 0.2) is 18.2 Å². The van der Waals surface area contributed by atoms with Crippen LogP contribution in [0.25, 0.3) is 0 Å². The minimum Gasteiger partial charge on any atom is -0.310 e. The molecule has 1 aromatic carbocycles. The van der Waals surface area contributed by atoms with E-state index in [4.69, 9.17) is 0 Å². The van der Waals surface area contributed by atoms with Crippen molar-refractivity contribution in [2.45, 2.75) is 5.67 Å². The zero-order valence-electron chi connectivity index (χ0n) is 6.78. The van der Waals surface area contributed by atoms with Gasteiger partial charge in [0.15, 0.2) is 17.3 Å². The first-order valence-electron chi connectivity index (χ1n) is 3.97. The van der Waals surface area contributed by atoms with Crippen LogP contribution >= 0.6 is 0 Å². The lowest BCUT2D eigenvalue weighted by Gasteiger charge is -2.35. The lowest BCUT2D eigenvalue weighted by atomic mass is 9.90. The minimum absolute atomic E-state index is 0.165. The maximum atomic E-state index is 13.6. The summed E-state index contributed by atoms with van der Waals surface area (Å²) in [5, 5.41) is 2.74. The Bertz CT molecular complexity index is 334. The van der Waals surface area contributed by atoms with Crippen molar-refractivity contribution in [3.63, 3.8) is 0 Å². The summed E-state index contributed by atoms with van der Waals surface area (Å²) >= 11 is 0. The third-order valence-electron chi connectivity index (χ3n) is 2.25. The molecule has 1 aromatic rings. The van der Waals surface area contributed by atoms with Crippen molar-refractivity contribution in [1.29, 1.82) is 0 Å². The van der Waals surface area contributed by atoms with Crippen LogP contribution < -0.4 is 5.32 Å². The smallest absolute Gasteiger partial charge is 0.160 e. The molecule has 1 N–H and O–H groups in total. The molecule has 0 spiro atoms. The quantitative estimate of drug-likeness (QED) is 0.706. The third-order valence-corrected chi connectivity index (χ3v) is 2.25. The van der Waals surface area contributed by atoms with Crippen LogP contribution in [0.5, 0.6) is 0 Å². The van der Waals surface area contributed by atoms with Crippen molar-refractivity contribution >= 4 is 0 Å². The number of nitrogens with one attached hydrogen (secondary N) is 1. The van der Waals surface area contributed by atoms with Crippen LogP contribution in [0.3, 0.4) is 0 Å². The van der Waals surface area contributed by atoms with Gasteiger partial charge in [-0.25, -0.2) is 13.2 Å². The molecule has 1 saturated heterocycles. The molecule has 1 nitrogen and oxygen atoms in total. The summed E-state index contributed by atoms with van der Waals surface area (Å²) < 4.78 is 38.8. The molecule has 0 radical (unpaired) electrons. The van der Waals surface area contributed by atoms with Gasteiger partial charge in [-0.2, -0.15) is 0 Å². The molecule has 70 valence electrons. The van der Waals surface area contributed by atoms with Gasteiger partial charge < -0.3 is 5.32 Å². The monoisotopic (exact) mass is 187 g/mol. The largest absolute Gasteiger partial charge is 0.310 e. The van der Waals surface area contributed by atoms with E-state index in [0.717, 1.165) is 12.1 Å². The molecule has 1 aliphatic rings. The lowest BCUT2D eigenvalue weighted by Crippen LogP contribution is -2.53. The number of alkyl halides is 1. The van der Waals surface area contributed by atoms with Crippen LogP contribution in [0.2, 0.25) is 0 Å². The number of hydrogen-bond donors (Lipinski definition) is 1. The lowest BCUT2D eigenvalue weighted by molar-refractivity contribution is 0.0886. The van der Waals surface area contributed by atoms with Gasteiger partial charge in [-0.15, -0.1) is 0 Å². The molecule has 0 saturated carbocycles. The van der Waals surface area contributed by atoms with Crippen molar-refractivity contribution in [3.05, 3.63) is 35.4 Å². The van der Waals surface area contributed by atoms with E-state index in [1.165, 1.54) is 6.07 Å². The Morgan fingerprint density at radius 2 is 1.85 bits per heavy atom. The fourth-order valence-electron chi connectivity index (χ4n) is 1.32. The Morgan fingerprint density at radius 3 is 2.31 bits per heavy atom. The fourth-order valence-corrected chi connectivity index (χ4v) is 1.32. The van der Waals surface area contributed by atoms with Gasteiger partial charge in [0.2, 0.25) is 0 Å². The van der Waals surface area contributed by atoms with Gasteiger partial charge in [-0.1, -0.05) is 6.07 Å². The van der Waals surface area contributed by atoms with Gasteiger partial charge in [0.1, 0.15) is 0 Å². The van der Waals surface area contributed by atoms with Gasteiger partial charge in [0.05, 0.1) is 0 Å². The van der Waals surface area contributed by atoms with E-state index in [1.807, 2.05) is 0 Å². The Morgan fingerprint density at radius 1 is 1.15 bits per heavy atom. The van der Waals surface area contributed by atoms with Crippen molar-refractivity contribution in [3.8, 4) is 0 Å². The molecule has 0 atom stereocenters. The van der Waals surface area contributed by atoms with Crippen molar-refractivity contribution < 1.29 is 13.2 Å². The first kappa shape index (κ1) is 8.56. The highest BCUT2D eigenvalue weighted by atomic mass is 19.2. The molecule has 4 heteroatoms. The first-order valence-corrected chi connectivity index (χ1v) is 3.97. The summed E-state index contributed by atoms with van der Waals surface area (Å²) in [5.74, 6) is -1.94. The highest BCUT2D eigenvalue weighted by Crippen LogP contribution is 2.30. The predicted octanol–water partition coefficient (Wildman–Crippen LogP) is 1.73. The molecule has 0 bridgehead atoms. The minimum atomic E-state index is -1.52. The molecule has 0 aliphatic carbocycles. The summed E-state index contributed by atoms with van der Waals surface area (Å²) in [7, 11) is 0. The number of benzene rings is 1. The molecule has 0 unspecified atom stereocenters. The summed E-state index contributed by atoms with van der Waals surface area (Å²) in [6.07, 6.45) is 0. The van der Waals surface area contributed by atoms with E-state index in [1.54, 1.807) is 0 Å². The Hall–Kier alpha value is -1.03. The van der Waals surface area contributed by atoms with Crippen LogP contribution in [0.1, 0.15) is 5.56 Å². The van der Waals surface area contributed by atoms with Crippen LogP contribution in [-0.2, 0) is 5.67 Å². The van der Waals surface area contributed by atoms with Crippen LogP contribution in [0.4, 0.5) is 13.2 Å². The summed E-state index contributed by atoms with van der Waals surface area (Å²) in [6.45, 7) is 0.330. The molecule has 13 heavy (non-hydrogen) atoms. The molecule has 0 aromatic heterocycles. The van der Waals surface area contributed by atoms with Gasteiger partial charge in [0.25, 0.3) is 0 Å². The Kier molecular flexibility index (Phi) is 1.80. The average Bonchev–Trinajstić information content (AvgIpc) is 2.06. The van der Waals surface area contributed by atoms with E-state index in [9.17, 15) is 13.2 Å². The second kappa shape index (κ2) is 2.73. The van der Waals surface area contributed by atoms with E-state index in [2.05, 4.69) is 5.32 Å². The van der Waals surface area contributed by atoms with Gasteiger partial charge in [-0.05, 0) is 17.7 Å². The number of rotatable bonds is 1. The fraction of sp³-hybridized carbons (Fsp3) is 0.333. The molecule has 0 amide bonds. The SMILES string of the molecule is Fc1ccc(C2(F)CNC2)cc1F. The molecular weight excluding hydrogens is 179 g/mol. The highest BCUT2D eigenvalue weighted by Gasteiger charge is 2.39. The zero-order valence-corrected chi connectivity index (χ0v) is 6.78. The molecule has 1 heterocycles. The standard InChI is InChI=1S/C9H8F3N/c10-7-2-1-6(3-8(7)11)9(12)4-13-5-9/h1-3,13H,4-5H2. The Labute approximate surface area is 73.6 Å². The third kappa shape index (κ3) is 1.31. The first-order chi connectivity index (χ1) is 6.12. The van der Waals surface area contributed by atoms with E-state index in [0.29, 0.717) is 0 Å². The van der Waals surface area contributed by atoms with E-state index in [-0.39, 0.29) is 18.7 Å². The molecule has 1 aliphatic heterocycles. The zero-order chi connectivity index (χ0) is 9.47. The van der Waals surface area contributed by atoms with Crippen molar-refractivity contribution in [2.24, 2.45) is 0 Å². The second-order valence-corrected chi connectivity index (χ2v) is 3.20. The van der Waals surface area contributed by atoms with Gasteiger partial charge in [-0.3, -0.25) is 0 Å². The number of halogens is 3. The van der Waals surface area contributed by atoms with Crippen molar-refractivity contribution in [1.82, 2.24) is 5.32 Å². The highest BCUT2D eigenvalue weighted by molar-refractivity contribution is 5.27. The maximum Gasteiger partial charge on any atom is 0.160 e. The summed E-state index contributed by atoms with van der Waals surface area (Å²) in [5.41, 5.74) is -1.32. The van der Waals surface area contributed by atoms with Crippen molar-refractivity contribution in [2.75, 3.05) is 13.1 Å². The maximum absolute atomic E-state index is 13.6. The molecular formula is C9H8F3N. The van der Waals surface area contributed by atoms with E-state index < -0.39 is 17.3 Å². The van der Waals surface area contributed by atoms with Gasteiger partial charge in [0, 0.05) is 13.1 Å². The van der Waals surface area contributed by atoms with Crippen LogP contribution in [0, 0.1) is 11.6 Å². The second-order valence-electron chi connectivity index (χ2n) is 3.20. The number of hydrogen-bond acceptors (Lipinski definition) is 1. The normalized spacial score (nSPS) is 19.6. The van der Waals surface area contributed by atoms with Gasteiger partial charge >= 0.3 is 0 Å². The van der Waals surface area contributed by atoms with Crippen LogP contribution in [-0.4, -0.2) is 13.1 Å². The Balaban J connectivity index is 2.36. The predicted molar refractivity (Wildman–Crippen MR) is 42.0 cm³/mol. The average molecular weight is 187 g/mol. The summed E-state index contributed by atoms with van der Waals surface area (Å²) in [4.78, 5) is 0. The van der Waals surface area contributed by atoms with E-state index >= 15 is 0 Å².